The summed E-state index contributed by atoms with van der Waals surface area (Å²) in [5.41, 5.74) is 1.74. The highest BCUT2D eigenvalue weighted by Crippen LogP contribution is 2.35. The molecular weight excluding hydrogens is 463 g/mol. The molecule has 9 heteroatoms. The van der Waals surface area contributed by atoms with Crippen molar-refractivity contribution in [3.8, 4) is 5.75 Å². The zero-order valence-electron chi connectivity index (χ0n) is 18.6. The van der Waals surface area contributed by atoms with Gasteiger partial charge in [0.1, 0.15) is 16.6 Å². The van der Waals surface area contributed by atoms with E-state index in [1.165, 1.54) is 30.0 Å². The Hall–Kier alpha value is -2.42. The zero-order valence-corrected chi connectivity index (χ0v) is 20.2. The first-order valence-electron chi connectivity index (χ1n) is 10.9. The van der Waals surface area contributed by atoms with Gasteiger partial charge in [0.15, 0.2) is 5.66 Å². The van der Waals surface area contributed by atoms with Crippen LogP contribution in [0.3, 0.4) is 0 Å². The van der Waals surface area contributed by atoms with Gasteiger partial charge in [0.25, 0.3) is 0 Å². The number of amides is 1. The number of rotatable bonds is 6. The summed E-state index contributed by atoms with van der Waals surface area (Å²) < 4.78 is 18.7. The molecule has 0 aliphatic carbocycles. The van der Waals surface area contributed by atoms with E-state index in [4.69, 9.17) is 26.3 Å². The zero-order chi connectivity index (χ0) is 23.4. The van der Waals surface area contributed by atoms with Crippen molar-refractivity contribution in [2.45, 2.75) is 25.4 Å². The van der Waals surface area contributed by atoms with Crippen molar-refractivity contribution in [3.05, 3.63) is 58.9 Å². The molecule has 0 unspecified atom stereocenters. The number of ether oxygens (including phenoxy) is 1. The molecule has 1 fully saturated rings. The molecule has 0 saturated carbocycles. The molecule has 1 amide bonds. The van der Waals surface area contributed by atoms with Crippen LogP contribution in [-0.2, 0) is 4.79 Å². The Morgan fingerprint density at radius 2 is 1.94 bits per heavy atom. The quantitative estimate of drug-likeness (QED) is 0.629. The third kappa shape index (κ3) is 5.57. The first-order valence-corrected chi connectivity index (χ1v) is 12.2. The number of piperidine rings is 1. The third-order valence-corrected chi connectivity index (χ3v) is 7.10. The van der Waals surface area contributed by atoms with Crippen LogP contribution in [0.1, 0.15) is 25.3 Å². The molecule has 2 aliphatic rings. The lowest BCUT2D eigenvalue weighted by Crippen LogP contribution is -2.41. The molecule has 33 heavy (non-hydrogen) atoms. The van der Waals surface area contributed by atoms with Crippen molar-refractivity contribution in [2.24, 2.45) is 9.98 Å². The molecular formula is C24H26ClFN4O2S. The van der Waals surface area contributed by atoms with Crippen LogP contribution in [0.4, 0.5) is 10.1 Å². The number of hydrogen-bond donors (Lipinski definition) is 1. The molecule has 2 aromatic carbocycles. The summed E-state index contributed by atoms with van der Waals surface area (Å²) in [6, 6.07) is 11.8. The van der Waals surface area contributed by atoms with Gasteiger partial charge in [-0.3, -0.25) is 9.79 Å². The number of methoxy groups -OCH3 is 1. The van der Waals surface area contributed by atoms with E-state index < -0.39 is 11.5 Å². The van der Waals surface area contributed by atoms with Gasteiger partial charge in [-0.1, -0.05) is 30.3 Å². The molecule has 2 heterocycles. The lowest BCUT2D eigenvalue weighted by Gasteiger charge is -2.34. The maximum Gasteiger partial charge on any atom is 0.234 e. The van der Waals surface area contributed by atoms with Gasteiger partial charge in [-0.05, 0) is 49.0 Å². The molecule has 1 saturated heterocycles. The Labute approximate surface area is 202 Å². The van der Waals surface area contributed by atoms with Crippen LogP contribution in [0, 0.1) is 5.82 Å². The van der Waals surface area contributed by atoms with Gasteiger partial charge in [-0.2, -0.15) is 0 Å². The van der Waals surface area contributed by atoms with E-state index >= 15 is 0 Å². The van der Waals surface area contributed by atoms with Gasteiger partial charge in [0.2, 0.25) is 5.91 Å². The molecule has 2 aromatic rings. The van der Waals surface area contributed by atoms with Crippen LogP contribution in [-0.4, -0.2) is 59.7 Å². The first kappa shape index (κ1) is 23.7. The SMILES string of the molecule is CCN1CCC2(CC1)N=C(SCC(=O)Nc1ccc(F)c(Cl)c1)C(c1ccc(OC)cc1)=N2. The van der Waals surface area contributed by atoms with Gasteiger partial charge in [0, 0.05) is 37.2 Å². The number of benzene rings is 2. The number of nitrogens with zero attached hydrogens (tertiary/aromatic N) is 3. The lowest BCUT2D eigenvalue weighted by atomic mass is 9.98. The second kappa shape index (κ2) is 10.2. The van der Waals surface area contributed by atoms with Crippen molar-refractivity contribution >= 4 is 45.7 Å². The van der Waals surface area contributed by atoms with E-state index in [-0.39, 0.29) is 16.7 Å². The smallest absolute Gasteiger partial charge is 0.234 e. The molecule has 6 nitrogen and oxygen atoms in total. The summed E-state index contributed by atoms with van der Waals surface area (Å²) in [7, 11) is 1.63. The normalized spacial score (nSPS) is 17.6. The third-order valence-electron chi connectivity index (χ3n) is 5.84. The highest BCUT2D eigenvalue weighted by molar-refractivity contribution is 8.16. The number of thioether (sulfide) groups is 1. The highest BCUT2D eigenvalue weighted by atomic mass is 35.5. The summed E-state index contributed by atoms with van der Waals surface area (Å²) in [6.07, 6.45) is 1.70. The summed E-state index contributed by atoms with van der Waals surface area (Å²) in [4.78, 5) is 25.0. The maximum atomic E-state index is 13.4. The second-order valence-electron chi connectivity index (χ2n) is 7.99. The van der Waals surface area contributed by atoms with E-state index in [9.17, 15) is 9.18 Å². The Morgan fingerprint density at radius 3 is 2.58 bits per heavy atom. The number of carbonyl (C=O) groups excluding carboxylic acids is 1. The van der Waals surface area contributed by atoms with Crippen LogP contribution in [0.2, 0.25) is 5.02 Å². The molecule has 0 bridgehead atoms. The van der Waals surface area contributed by atoms with Crippen molar-refractivity contribution in [2.75, 3.05) is 37.8 Å². The molecule has 174 valence electrons. The first-order chi connectivity index (χ1) is 15.9. The van der Waals surface area contributed by atoms with E-state index in [0.29, 0.717) is 5.69 Å². The van der Waals surface area contributed by atoms with Crippen LogP contribution in [0.25, 0.3) is 0 Å². The predicted octanol–water partition coefficient (Wildman–Crippen LogP) is 4.87. The molecule has 0 radical (unpaired) electrons. The Morgan fingerprint density at radius 1 is 1.21 bits per heavy atom. The monoisotopic (exact) mass is 488 g/mol. The standard InChI is InChI=1S/C24H26ClFN4O2S/c1-3-30-12-10-24(11-13-30)28-22(16-4-7-18(32-2)8-5-16)23(29-24)33-15-21(31)27-17-6-9-20(26)19(25)14-17/h4-9,14H,3,10-13,15H2,1-2H3,(H,27,31). The van der Waals surface area contributed by atoms with E-state index in [0.717, 1.165) is 54.5 Å². The largest absolute Gasteiger partial charge is 0.497 e. The fourth-order valence-corrected chi connectivity index (χ4v) is 4.97. The Balaban J connectivity index is 1.50. The van der Waals surface area contributed by atoms with E-state index in [1.54, 1.807) is 7.11 Å². The summed E-state index contributed by atoms with van der Waals surface area (Å²) in [5, 5.41) is 3.49. The molecule has 1 N–H and O–H groups in total. The Kier molecular flexibility index (Phi) is 7.36. The van der Waals surface area contributed by atoms with E-state index in [2.05, 4.69) is 17.1 Å². The number of aliphatic imine (C=N–C) groups is 2. The minimum Gasteiger partial charge on any atom is -0.497 e. The average molecular weight is 489 g/mol. The van der Waals surface area contributed by atoms with Crippen LogP contribution in [0.15, 0.2) is 52.4 Å². The number of anilines is 1. The molecule has 4 rings (SSSR count). The van der Waals surface area contributed by atoms with Crippen LogP contribution in [0.5, 0.6) is 5.75 Å². The second-order valence-corrected chi connectivity index (χ2v) is 9.36. The highest BCUT2D eigenvalue weighted by Gasteiger charge is 2.39. The van der Waals surface area contributed by atoms with Gasteiger partial charge in [-0.15, -0.1) is 0 Å². The van der Waals surface area contributed by atoms with Crippen LogP contribution >= 0.6 is 23.4 Å². The van der Waals surface area contributed by atoms with Gasteiger partial charge in [-0.25, -0.2) is 9.38 Å². The van der Waals surface area contributed by atoms with Gasteiger partial charge >= 0.3 is 0 Å². The number of nitrogens with one attached hydrogen (secondary N) is 1. The van der Waals surface area contributed by atoms with Crippen molar-refractivity contribution in [1.82, 2.24) is 4.90 Å². The fraction of sp³-hybridized carbons (Fsp3) is 0.375. The number of hydrogen-bond acceptors (Lipinski definition) is 6. The minimum atomic E-state index is -0.524. The molecule has 2 aliphatic heterocycles. The van der Waals surface area contributed by atoms with Gasteiger partial charge in [0.05, 0.1) is 23.6 Å². The van der Waals surface area contributed by atoms with Crippen molar-refractivity contribution in [1.29, 1.82) is 0 Å². The topological polar surface area (TPSA) is 66.3 Å². The van der Waals surface area contributed by atoms with Crippen LogP contribution < -0.4 is 10.1 Å². The summed E-state index contributed by atoms with van der Waals surface area (Å²) in [6.45, 7) is 5.08. The molecule has 0 aromatic heterocycles. The van der Waals surface area contributed by atoms with E-state index in [1.807, 2.05) is 24.3 Å². The predicted molar refractivity (Wildman–Crippen MR) is 134 cm³/mol. The van der Waals surface area contributed by atoms with Crippen molar-refractivity contribution in [3.63, 3.8) is 0 Å². The minimum absolute atomic E-state index is 0.0325. The molecule has 0 atom stereocenters. The number of carbonyl (C=O) groups is 1. The Bertz CT molecular complexity index is 1080. The number of halogens is 2. The maximum absolute atomic E-state index is 13.4. The van der Waals surface area contributed by atoms with Crippen molar-refractivity contribution < 1.29 is 13.9 Å². The summed E-state index contributed by atoms with van der Waals surface area (Å²) >= 11 is 7.17. The fourth-order valence-electron chi connectivity index (χ4n) is 3.92. The lowest BCUT2D eigenvalue weighted by molar-refractivity contribution is -0.113. The summed E-state index contributed by atoms with van der Waals surface area (Å²) in [5.74, 6) is 0.178. The average Bonchev–Trinajstić information content (AvgIpc) is 3.18. The molecule has 1 spiro atoms. The number of likely N-dealkylation sites (tertiary alicyclic amines) is 1. The van der Waals surface area contributed by atoms with Gasteiger partial charge < -0.3 is 15.0 Å².